The predicted octanol–water partition coefficient (Wildman–Crippen LogP) is 10.2. The van der Waals surface area contributed by atoms with E-state index in [1.807, 2.05) is 18.2 Å². The van der Waals surface area contributed by atoms with Gasteiger partial charge in [-0.25, -0.2) is 0 Å². The Morgan fingerprint density at radius 3 is 1.79 bits per heavy atom. The molecule has 0 atom stereocenters. The van der Waals surface area contributed by atoms with Crippen LogP contribution < -0.4 is 5.73 Å². The van der Waals surface area contributed by atoms with E-state index in [0.717, 1.165) is 44.2 Å². The highest BCUT2D eigenvalue weighted by atomic mass is 14.5. The molecule has 0 saturated heterocycles. The first-order chi connectivity index (χ1) is 20.6. The third-order valence-electron chi connectivity index (χ3n) is 7.90. The lowest BCUT2D eigenvalue weighted by Crippen LogP contribution is -1.96. The molecule has 0 heterocycles. The minimum Gasteiger partial charge on any atom is -0.405 e. The lowest BCUT2D eigenvalue weighted by atomic mass is 9.83. The Kier molecular flexibility index (Phi) is 7.24. The second-order valence-electron chi connectivity index (χ2n) is 10.3. The summed E-state index contributed by atoms with van der Waals surface area (Å²) in [5.74, 6) is 0. The van der Waals surface area contributed by atoms with Gasteiger partial charge in [-0.15, -0.1) is 0 Å². The fraction of sp³-hybridized carbons (Fsp3) is 0.0250. The van der Waals surface area contributed by atoms with Crippen LogP contribution in [0.1, 0.15) is 16.7 Å². The van der Waals surface area contributed by atoms with E-state index in [-0.39, 0.29) is 0 Å². The summed E-state index contributed by atoms with van der Waals surface area (Å²) in [5, 5.41) is 16.4. The van der Waals surface area contributed by atoms with Crippen LogP contribution in [0.4, 0.5) is 0 Å². The van der Waals surface area contributed by atoms with E-state index in [4.69, 9.17) is 5.73 Å². The van der Waals surface area contributed by atoms with Crippen molar-refractivity contribution in [3.05, 3.63) is 157 Å². The molecule has 0 radical (unpaired) electrons. The Labute approximate surface area is 246 Å². The summed E-state index contributed by atoms with van der Waals surface area (Å²) in [7, 11) is 0. The Balaban J connectivity index is 1.52. The molecule has 0 aliphatic carbocycles. The normalized spacial score (nSPS) is 11.7. The second-order valence-corrected chi connectivity index (χ2v) is 10.3. The van der Waals surface area contributed by atoms with Crippen LogP contribution in [0, 0.1) is 11.3 Å². The summed E-state index contributed by atoms with van der Waals surface area (Å²) in [6.45, 7) is 8.51. The lowest BCUT2D eigenvalue weighted by Gasteiger charge is -2.20. The van der Waals surface area contributed by atoms with E-state index in [0.29, 0.717) is 12.0 Å². The molecule has 0 aliphatic rings. The molecular formula is C40H30N2. The molecule has 0 aromatic heterocycles. The first kappa shape index (κ1) is 26.6. The van der Waals surface area contributed by atoms with Crippen molar-refractivity contribution in [1.29, 1.82) is 5.26 Å². The fourth-order valence-corrected chi connectivity index (χ4v) is 5.93. The fourth-order valence-electron chi connectivity index (χ4n) is 5.93. The van der Waals surface area contributed by atoms with E-state index in [2.05, 4.69) is 122 Å². The molecule has 2 N–H and O–H groups in total. The van der Waals surface area contributed by atoms with Crippen molar-refractivity contribution in [2.45, 2.75) is 6.42 Å². The summed E-state index contributed by atoms with van der Waals surface area (Å²) < 4.78 is 0. The molecule has 0 unspecified atom stereocenters. The van der Waals surface area contributed by atoms with Gasteiger partial charge in [-0.05, 0) is 102 Å². The van der Waals surface area contributed by atoms with E-state index in [1.54, 1.807) is 6.08 Å². The molecule has 0 saturated carbocycles. The summed E-state index contributed by atoms with van der Waals surface area (Å²) >= 11 is 0. The predicted molar refractivity (Wildman–Crippen MR) is 181 cm³/mol. The third kappa shape index (κ3) is 4.79. The van der Waals surface area contributed by atoms with Crippen molar-refractivity contribution in [3.63, 3.8) is 0 Å². The van der Waals surface area contributed by atoms with Crippen molar-refractivity contribution in [1.82, 2.24) is 0 Å². The maximum absolute atomic E-state index is 9.29. The van der Waals surface area contributed by atoms with Crippen LogP contribution in [-0.4, -0.2) is 0 Å². The molecule has 0 fully saturated rings. The van der Waals surface area contributed by atoms with Crippen molar-refractivity contribution < 1.29 is 0 Å². The number of nitriles is 1. The highest BCUT2D eigenvalue weighted by molar-refractivity contribution is 6.12. The van der Waals surface area contributed by atoms with E-state index >= 15 is 0 Å². The van der Waals surface area contributed by atoms with Gasteiger partial charge in [0.1, 0.15) is 0 Å². The van der Waals surface area contributed by atoms with Crippen LogP contribution in [0.3, 0.4) is 0 Å². The number of benzene rings is 6. The molecule has 2 nitrogen and oxygen atoms in total. The van der Waals surface area contributed by atoms with Crippen LogP contribution in [0.2, 0.25) is 0 Å². The van der Waals surface area contributed by atoms with Crippen molar-refractivity contribution in [2.24, 2.45) is 5.73 Å². The highest BCUT2D eigenvalue weighted by Crippen LogP contribution is 2.44. The van der Waals surface area contributed by atoms with E-state index in [1.165, 1.54) is 33.3 Å². The molecule has 0 aliphatic heterocycles. The molecule has 0 bridgehead atoms. The second kappa shape index (κ2) is 11.5. The van der Waals surface area contributed by atoms with Crippen LogP contribution in [0.15, 0.2) is 140 Å². The first-order valence-electron chi connectivity index (χ1n) is 14.0. The standard InChI is InChI=1S/C40H30N2/c1-3-35-36(4-2)40(34-20-18-31-23-27(15-16-32(31)25-34)13-14-28(26-42)21-22-41)38-12-8-7-11-37(38)39(35)33-19-17-29-9-5-6-10-30(29)24-33/h3-12,14-25H,1-2,13,41H2/b22-21-,28-14+. The zero-order valence-corrected chi connectivity index (χ0v) is 23.3. The van der Waals surface area contributed by atoms with Gasteiger partial charge in [0.2, 0.25) is 0 Å². The van der Waals surface area contributed by atoms with Crippen molar-refractivity contribution >= 4 is 44.5 Å². The summed E-state index contributed by atoms with van der Waals surface area (Å²) in [4.78, 5) is 0. The van der Waals surface area contributed by atoms with Gasteiger partial charge in [0.25, 0.3) is 0 Å². The molecule has 6 aromatic rings. The van der Waals surface area contributed by atoms with Crippen LogP contribution >= 0.6 is 0 Å². The Hall–Kier alpha value is -5.65. The molecule has 0 spiro atoms. The van der Waals surface area contributed by atoms with Crippen LogP contribution in [0.5, 0.6) is 0 Å². The SMILES string of the molecule is C=Cc1c(C=C)c(-c2ccc3cc(C/C=C(C#N)\C=C/N)ccc3c2)c2ccccc2c1-c1ccc2ccccc2c1. The monoisotopic (exact) mass is 538 g/mol. The Bertz CT molecular complexity index is 2120. The highest BCUT2D eigenvalue weighted by Gasteiger charge is 2.19. The average Bonchev–Trinajstić information content (AvgIpc) is 3.04. The number of hydrogen-bond donors (Lipinski definition) is 1. The minimum absolute atomic E-state index is 0.557. The molecule has 6 rings (SSSR count). The number of rotatable bonds is 7. The number of hydrogen-bond acceptors (Lipinski definition) is 2. The van der Waals surface area contributed by atoms with Crippen molar-refractivity contribution in [3.8, 4) is 28.3 Å². The Morgan fingerprint density at radius 2 is 1.19 bits per heavy atom. The quantitative estimate of drug-likeness (QED) is 0.162. The van der Waals surface area contributed by atoms with Crippen LogP contribution in [-0.2, 0) is 6.42 Å². The van der Waals surface area contributed by atoms with Gasteiger partial charge in [-0.2, -0.15) is 5.26 Å². The zero-order valence-electron chi connectivity index (χ0n) is 23.3. The maximum Gasteiger partial charge on any atom is 0.0988 e. The molecule has 6 aromatic carbocycles. The van der Waals surface area contributed by atoms with Crippen molar-refractivity contribution in [2.75, 3.05) is 0 Å². The number of fused-ring (bicyclic) bond motifs is 3. The summed E-state index contributed by atoms with van der Waals surface area (Å²) in [5.41, 5.74) is 13.9. The Morgan fingerprint density at radius 1 is 0.667 bits per heavy atom. The topological polar surface area (TPSA) is 49.8 Å². The molecular weight excluding hydrogens is 508 g/mol. The zero-order chi connectivity index (χ0) is 29.1. The van der Waals surface area contributed by atoms with Gasteiger partial charge in [0, 0.05) is 5.57 Å². The smallest absolute Gasteiger partial charge is 0.0988 e. The van der Waals surface area contributed by atoms with Gasteiger partial charge in [-0.3, -0.25) is 0 Å². The van der Waals surface area contributed by atoms with Gasteiger partial charge in [-0.1, -0.05) is 122 Å². The number of allylic oxidation sites excluding steroid dienone is 3. The number of nitrogens with zero attached hydrogens (tertiary/aromatic N) is 1. The molecule has 200 valence electrons. The number of nitrogens with two attached hydrogens (primary N) is 1. The molecule has 2 heteroatoms. The van der Waals surface area contributed by atoms with E-state index in [9.17, 15) is 5.26 Å². The maximum atomic E-state index is 9.29. The summed E-state index contributed by atoms with van der Waals surface area (Å²) in [6, 6.07) is 39.0. The van der Waals surface area contributed by atoms with Gasteiger partial charge in [0.15, 0.2) is 0 Å². The van der Waals surface area contributed by atoms with Gasteiger partial charge >= 0.3 is 0 Å². The van der Waals surface area contributed by atoms with Gasteiger partial charge in [0.05, 0.1) is 6.07 Å². The average molecular weight is 539 g/mol. The first-order valence-corrected chi connectivity index (χ1v) is 14.0. The summed E-state index contributed by atoms with van der Waals surface area (Å²) in [6.07, 6.45) is 9.51. The lowest BCUT2D eigenvalue weighted by molar-refractivity contribution is 1.26. The molecule has 42 heavy (non-hydrogen) atoms. The minimum atomic E-state index is 0.557. The molecule has 0 amide bonds. The third-order valence-corrected chi connectivity index (χ3v) is 7.90. The largest absolute Gasteiger partial charge is 0.405 e. The van der Waals surface area contributed by atoms with Crippen LogP contribution in [0.25, 0.3) is 66.7 Å². The van der Waals surface area contributed by atoms with E-state index < -0.39 is 0 Å². The van der Waals surface area contributed by atoms with Gasteiger partial charge < -0.3 is 5.73 Å².